The van der Waals surface area contributed by atoms with Crippen molar-refractivity contribution < 1.29 is 4.57 Å². The monoisotopic (exact) mass is 820 g/mol. The van der Waals surface area contributed by atoms with Crippen LogP contribution in [0.3, 0.4) is 0 Å². The van der Waals surface area contributed by atoms with E-state index in [0.717, 1.165) is 17.8 Å². The van der Waals surface area contributed by atoms with Gasteiger partial charge in [-0.1, -0.05) is 205 Å². The lowest BCUT2D eigenvalue weighted by Crippen LogP contribution is -2.66. The number of benzene rings is 4. The van der Waals surface area contributed by atoms with Crippen molar-refractivity contribution in [1.29, 1.82) is 0 Å². The molecule has 0 unspecified atom stereocenters. The summed E-state index contributed by atoms with van der Waals surface area (Å²) < 4.78 is -1.56. The molecule has 0 atom stereocenters. The topological polar surface area (TPSA) is 42.5 Å². The van der Waals surface area contributed by atoms with E-state index >= 15 is 0 Å². The minimum Gasteiger partial charge on any atom is -0.209 e. The van der Waals surface area contributed by atoms with Crippen LogP contribution in [-0.2, 0) is 14.1 Å². The van der Waals surface area contributed by atoms with Gasteiger partial charge in [-0.15, -0.1) is 0 Å². The molecule has 272 valence electrons. The molecule has 0 aliphatic rings. The highest BCUT2D eigenvalue weighted by molar-refractivity contribution is 7.11. The number of allylic oxidation sites excluding steroid dienone is 2. The molecule has 0 aliphatic carbocycles. The molecule has 6 rings (SSSR count). The van der Waals surface area contributed by atoms with Gasteiger partial charge in [0.15, 0.2) is 17.5 Å². The Kier molecular flexibility index (Phi) is 14.4. The summed E-state index contributed by atoms with van der Waals surface area (Å²) in [5.74, 6) is -0.0733. The quantitative estimate of drug-likeness (QED) is 0.0598. The standard InChI is InChI=1S/C22H24B.C20H15Cl6N4/c1-2-3-19-23(20-13-7-4-8-14-20,21-15-9-5-10-16-21)22-17-11-6-12-18-22;1-2-30-14(12-11-13-7-3-5-9-15(13)30)8-4-6-10-16-27-17(19(21,22)23)29-18(28-16)20(24,25)26/h4-18H,2-3,19H2,1H3;3-12H,2H2,1H3/q-1;+1. The van der Waals surface area contributed by atoms with E-state index in [2.05, 4.69) is 149 Å². The molecular formula is C42H39BCl6N4. The largest absolute Gasteiger partial charge is 0.250 e. The van der Waals surface area contributed by atoms with Crippen molar-refractivity contribution in [3.05, 3.63) is 163 Å². The van der Waals surface area contributed by atoms with Gasteiger partial charge in [0.1, 0.15) is 6.54 Å². The number of fused-ring (bicyclic) bond motifs is 1. The van der Waals surface area contributed by atoms with Gasteiger partial charge in [0, 0.05) is 23.6 Å². The van der Waals surface area contributed by atoms with Gasteiger partial charge in [-0.05, 0) is 25.1 Å². The maximum absolute atomic E-state index is 5.88. The van der Waals surface area contributed by atoms with Crippen LogP contribution >= 0.6 is 69.6 Å². The van der Waals surface area contributed by atoms with Crippen molar-refractivity contribution in [2.45, 2.75) is 47.1 Å². The fraction of sp³-hybridized carbons (Fsp3) is 0.190. The number of alkyl halides is 6. The van der Waals surface area contributed by atoms with Crippen molar-refractivity contribution in [3.63, 3.8) is 0 Å². The molecule has 2 heterocycles. The number of hydrogen-bond donors (Lipinski definition) is 0. The molecular weight excluding hydrogens is 784 g/mol. The fourth-order valence-electron chi connectivity index (χ4n) is 6.73. The zero-order chi connectivity index (χ0) is 37.9. The van der Waals surface area contributed by atoms with E-state index < -0.39 is 13.7 Å². The SMILES string of the molecule is CCCC[B-](c1ccccc1)(c1ccccc1)c1ccccc1.CC[n+]1c(C=CC=Cc2nc(C(Cl)(Cl)Cl)nc(C(Cl)(Cl)Cl)n2)ccc2ccccc21. The minimum absolute atomic E-state index is 0.134. The number of aryl methyl sites for hydroxylation is 1. The van der Waals surface area contributed by atoms with E-state index in [1.165, 1.54) is 40.9 Å². The van der Waals surface area contributed by atoms with Gasteiger partial charge in [0.05, 0.1) is 6.15 Å². The number of para-hydroxylation sites is 1. The van der Waals surface area contributed by atoms with Crippen LogP contribution in [0.4, 0.5) is 0 Å². The van der Waals surface area contributed by atoms with E-state index in [4.69, 9.17) is 69.6 Å². The Hall–Kier alpha value is -3.42. The Morgan fingerprint density at radius 1 is 0.566 bits per heavy atom. The predicted octanol–water partition coefficient (Wildman–Crippen LogP) is 10.7. The maximum Gasteiger partial charge on any atom is 0.250 e. The highest BCUT2D eigenvalue weighted by Crippen LogP contribution is 2.40. The van der Waals surface area contributed by atoms with E-state index in [-0.39, 0.29) is 17.5 Å². The van der Waals surface area contributed by atoms with Crippen LogP contribution in [0.1, 0.15) is 49.9 Å². The molecule has 0 saturated carbocycles. The van der Waals surface area contributed by atoms with Gasteiger partial charge in [0.25, 0.3) is 0 Å². The Labute approximate surface area is 342 Å². The first-order chi connectivity index (χ1) is 25.5. The molecule has 4 nitrogen and oxygen atoms in total. The van der Waals surface area contributed by atoms with Crippen LogP contribution in [-0.4, -0.2) is 21.1 Å². The summed E-state index contributed by atoms with van der Waals surface area (Å²) in [6, 6.07) is 45.5. The zero-order valence-corrected chi connectivity index (χ0v) is 33.9. The lowest BCUT2D eigenvalue weighted by atomic mass is 9.14. The van der Waals surface area contributed by atoms with Gasteiger partial charge in [0.2, 0.25) is 18.8 Å². The number of halogens is 6. The Balaban J connectivity index is 0.000000211. The van der Waals surface area contributed by atoms with Gasteiger partial charge >= 0.3 is 0 Å². The fourth-order valence-corrected chi connectivity index (χ4v) is 7.23. The molecule has 2 aromatic heterocycles. The third-order valence-corrected chi connectivity index (χ3v) is 10.2. The van der Waals surface area contributed by atoms with Gasteiger partial charge < -0.3 is 0 Å². The summed E-state index contributed by atoms with van der Waals surface area (Å²) in [6.07, 6.45) is 9.90. The zero-order valence-electron chi connectivity index (χ0n) is 29.4. The van der Waals surface area contributed by atoms with Crippen molar-refractivity contribution in [3.8, 4) is 0 Å². The Bertz CT molecular complexity index is 2010. The Morgan fingerprint density at radius 2 is 1.04 bits per heavy atom. The highest BCUT2D eigenvalue weighted by atomic mass is 35.6. The average molecular weight is 823 g/mol. The molecule has 11 heteroatoms. The smallest absolute Gasteiger partial charge is 0.209 e. The number of aromatic nitrogens is 4. The van der Waals surface area contributed by atoms with E-state index in [9.17, 15) is 0 Å². The summed E-state index contributed by atoms with van der Waals surface area (Å²) in [7, 11) is 0. The third kappa shape index (κ3) is 10.4. The summed E-state index contributed by atoms with van der Waals surface area (Å²) >= 11 is 35.3. The molecule has 0 bridgehead atoms. The Morgan fingerprint density at radius 3 is 1.51 bits per heavy atom. The van der Waals surface area contributed by atoms with Crippen molar-refractivity contribution in [2.24, 2.45) is 0 Å². The van der Waals surface area contributed by atoms with E-state index in [1.807, 2.05) is 24.3 Å². The molecule has 0 N–H and O–H groups in total. The van der Waals surface area contributed by atoms with Crippen molar-refractivity contribution in [1.82, 2.24) is 15.0 Å². The van der Waals surface area contributed by atoms with Gasteiger partial charge in [-0.3, -0.25) is 0 Å². The first-order valence-electron chi connectivity index (χ1n) is 17.5. The molecule has 0 radical (unpaired) electrons. The van der Waals surface area contributed by atoms with Crippen LogP contribution in [0.25, 0.3) is 23.1 Å². The molecule has 0 amide bonds. The summed E-state index contributed by atoms with van der Waals surface area (Å²) in [6.45, 7) is 5.21. The van der Waals surface area contributed by atoms with Crippen LogP contribution in [0.5, 0.6) is 0 Å². The highest BCUT2D eigenvalue weighted by Gasteiger charge is 2.33. The maximum atomic E-state index is 5.88. The lowest BCUT2D eigenvalue weighted by Gasteiger charge is -2.43. The van der Waals surface area contributed by atoms with Crippen LogP contribution < -0.4 is 21.0 Å². The van der Waals surface area contributed by atoms with Gasteiger partial charge in [-0.2, -0.15) is 27.3 Å². The van der Waals surface area contributed by atoms with Crippen LogP contribution in [0.2, 0.25) is 6.32 Å². The molecule has 4 aromatic carbocycles. The second-order valence-corrected chi connectivity index (χ2v) is 17.1. The molecule has 6 aromatic rings. The number of nitrogens with zero attached hydrogens (tertiary/aromatic N) is 4. The number of hydrogen-bond acceptors (Lipinski definition) is 3. The van der Waals surface area contributed by atoms with Gasteiger partial charge in [-0.25, -0.2) is 15.0 Å². The van der Waals surface area contributed by atoms with Crippen molar-refractivity contribution in [2.75, 3.05) is 0 Å². The normalized spacial score (nSPS) is 12.3. The van der Waals surface area contributed by atoms with Crippen LogP contribution in [0, 0.1) is 0 Å². The predicted molar refractivity (Wildman–Crippen MR) is 230 cm³/mol. The molecule has 0 fully saturated rings. The van der Waals surface area contributed by atoms with Crippen molar-refractivity contribution >= 4 is 115 Å². The van der Waals surface area contributed by atoms with E-state index in [1.54, 1.807) is 12.2 Å². The molecule has 0 aliphatic heterocycles. The second-order valence-electron chi connectivity index (χ2n) is 12.5. The minimum atomic E-state index is -1.89. The van der Waals surface area contributed by atoms with Crippen LogP contribution in [0.15, 0.2) is 140 Å². The summed E-state index contributed by atoms with van der Waals surface area (Å²) in [4.78, 5) is 12.2. The molecule has 0 spiro atoms. The number of pyridine rings is 1. The van der Waals surface area contributed by atoms with E-state index in [0.29, 0.717) is 0 Å². The molecule has 0 saturated heterocycles. The summed E-state index contributed by atoms with van der Waals surface area (Å²) in [5, 5.41) is 1.18. The summed E-state index contributed by atoms with van der Waals surface area (Å²) in [5.41, 5.74) is 6.53. The first-order valence-corrected chi connectivity index (χ1v) is 19.7. The lowest BCUT2D eigenvalue weighted by molar-refractivity contribution is -0.669. The second kappa shape index (κ2) is 18.8. The molecule has 53 heavy (non-hydrogen) atoms. The first kappa shape index (κ1) is 40.8. The number of rotatable bonds is 10. The third-order valence-electron chi connectivity index (χ3n) is 9.17. The average Bonchev–Trinajstić information content (AvgIpc) is 3.17. The number of unbranched alkanes of at least 4 members (excludes halogenated alkanes) is 1.